The molecule has 9 heteroatoms. The van der Waals surface area contributed by atoms with Crippen molar-refractivity contribution in [3.63, 3.8) is 0 Å². The predicted octanol–water partition coefficient (Wildman–Crippen LogP) is 3.76. The van der Waals surface area contributed by atoms with Crippen LogP contribution in [0.2, 0.25) is 0 Å². The summed E-state index contributed by atoms with van der Waals surface area (Å²) >= 11 is 1.47. The summed E-state index contributed by atoms with van der Waals surface area (Å²) in [4.78, 5) is 35.2. The van der Waals surface area contributed by atoms with E-state index in [1.165, 1.54) is 28.2 Å². The Morgan fingerprint density at radius 1 is 1.14 bits per heavy atom. The minimum Gasteiger partial charge on any atom is -0.368 e. The van der Waals surface area contributed by atoms with E-state index in [-0.39, 0.29) is 18.1 Å². The summed E-state index contributed by atoms with van der Waals surface area (Å²) in [5.41, 5.74) is 7.94. The van der Waals surface area contributed by atoms with E-state index < -0.39 is 0 Å². The predicted molar refractivity (Wildman–Crippen MR) is 141 cm³/mol. The third kappa shape index (κ3) is 4.37. The Hall–Kier alpha value is -3.07. The van der Waals surface area contributed by atoms with Crippen LogP contribution >= 0.6 is 11.3 Å². The van der Waals surface area contributed by atoms with E-state index in [0.29, 0.717) is 19.4 Å². The van der Waals surface area contributed by atoms with Gasteiger partial charge in [-0.3, -0.25) is 24.8 Å². The Bertz CT molecular complexity index is 1140. The molecule has 1 aromatic heterocycles. The van der Waals surface area contributed by atoms with Crippen LogP contribution in [0.3, 0.4) is 0 Å². The summed E-state index contributed by atoms with van der Waals surface area (Å²) in [6.07, 6.45) is 2.62. The molecule has 4 heterocycles. The first kappa shape index (κ1) is 23.7. The van der Waals surface area contributed by atoms with Crippen LogP contribution in [0.25, 0.3) is 0 Å². The van der Waals surface area contributed by atoms with Crippen molar-refractivity contribution < 1.29 is 9.59 Å². The summed E-state index contributed by atoms with van der Waals surface area (Å²) < 4.78 is 0. The number of hydrogen-bond donors (Lipinski definition) is 1. The van der Waals surface area contributed by atoms with Crippen molar-refractivity contribution >= 4 is 40.4 Å². The third-order valence-electron chi connectivity index (χ3n) is 7.35. The first-order valence-electron chi connectivity index (χ1n) is 12.6. The second-order valence-electron chi connectivity index (χ2n) is 9.47. The van der Waals surface area contributed by atoms with Crippen molar-refractivity contribution in [3.8, 4) is 0 Å². The lowest BCUT2D eigenvalue weighted by molar-refractivity contribution is -0.131. The van der Waals surface area contributed by atoms with E-state index in [4.69, 9.17) is 0 Å². The Morgan fingerprint density at radius 2 is 1.94 bits per heavy atom. The van der Waals surface area contributed by atoms with Crippen molar-refractivity contribution in [1.82, 2.24) is 15.2 Å². The van der Waals surface area contributed by atoms with Gasteiger partial charge in [-0.1, -0.05) is 25.5 Å². The monoisotopic (exact) mass is 494 g/mol. The molecule has 0 spiro atoms. The fraction of sp³-hybridized carbons (Fsp3) is 0.500. The molecule has 8 nitrogen and oxygen atoms in total. The number of carbonyl (C=O) groups excluding carboxylic acids is 2. The minimum atomic E-state index is -0.303. The molecule has 2 aromatic rings. The normalized spacial score (nSPS) is 19.5. The molecule has 3 aliphatic rings. The number of hydrazone groups is 1. The number of hydrogen-bond acceptors (Lipinski definition) is 7. The first-order chi connectivity index (χ1) is 17.0. The molecule has 1 N–H and O–H groups in total. The van der Waals surface area contributed by atoms with Crippen LogP contribution in [-0.4, -0.2) is 66.5 Å². The number of aryl methyl sites for hydroxylation is 1. The minimum absolute atomic E-state index is 0.0615. The van der Waals surface area contributed by atoms with Gasteiger partial charge in [0.2, 0.25) is 12.2 Å². The van der Waals surface area contributed by atoms with Gasteiger partial charge in [0.1, 0.15) is 10.7 Å². The number of benzene rings is 1. The Morgan fingerprint density at radius 3 is 2.71 bits per heavy atom. The molecular weight excluding hydrogens is 460 g/mol. The molecule has 35 heavy (non-hydrogen) atoms. The molecule has 1 aromatic carbocycles. The number of amides is 2. The van der Waals surface area contributed by atoms with Crippen LogP contribution in [0.5, 0.6) is 0 Å². The highest BCUT2D eigenvalue weighted by molar-refractivity contribution is 7.12. The molecule has 2 amide bonds. The van der Waals surface area contributed by atoms with Crippen LogP contribution < -0.4 is 15.2 Å². The molecule has 1 atom stereocenters. The highest BCUT2D eigenvalue weighted by atomic mass is 32.1. The number of nitrogens with zero attached hydrogens (tertiary/aromatic N) is 5. The van der Waals surface area contributed by atoms with Crippen LogP contribution in [-0.2, 0) is 4.79 Å². The second kappa shape index (κ2) is 9.89. The molecule has 0 aliphatic carbocycles. The van der Waals surface area contributed by atoms with Gasteiger partial charge in [0.05, 0.1) is 5.69 Å². The van der Waals surface area contributed by atoms with E-state index >= 15 is 0 Å². The Labute approximate surface area is 211 Å². The average molecular weight is 495 g/mol. The third-order valence-corrected chi connectivity index (χ3v) is 8.24. The number of anilines is 2. The Balaban J connectivity index is 1.20. The lowest BCUT2D eigenvalue weighted by Crippen LogP contribution is -2.58. The van der Waals surface area contributed by atoms with Gasteiger partial charge in [0.15, 0.2) is 0 Å². The molecule has 5 rings (SSSR count). The number of thiophene rings is 1. The summed E-state index contributed by atoms with van der Waals surface area (Å²) in [6, 6.07) is 8.41. The van der Waals surface area contributed by atoms with Gasteiger partial charge in [-0.15, -0.1) is 11.3 Å². The SMILES string of the molecule is CCCCN1C(=O)c2sccc2N2C(CCC(=O)N3CCN(c4cccc(C)c4C)CC3)=NNC12. The number of piperazine rings is 1. The van der Waals surface area contributed by atoms with Crippen LogP contribution in [0.15, 0.2) is 34.7 Å². The van der Waals surface area contributed by atoms with Gasteiger partial charge in [-0.25, -0.2) is 0 Å². The van der Waals surface area contributed by atoms with Crippen LogP contribution in [0, 0.1) is 13.8 Å². The molecule has 186 valence electrons. The maximum Gasteiger partial charge on any atom is 0.269 e. The highest BCUT2D eigenvalue weighted by Gasteiger charge is 2.43. The van der Waals surface area contributed by atoms with Crippen molar-refractivity contribution in [2.45, 2.75) is 52.7 Å². The fourth-order valence-corrected chi connectivity index (χ4v) is 5.98. The van der Waals surface area contributed by atoms with Crippen LogP contribution in [0.1, 0.15) is 53.4 Å². The van der Waals surface area contributed by atoms with Gasteiger partial charge in [-0.2, -0.15) is 5.10 Å². The summed E-state index contributed by atoms with van der Waals surface area (Å²) in [7, 11) is 0. The van der Waals surface area contributed by atoms with Crippen molar-refractivity contribution in [1.29, 1.82) is 0 Å². The number of unbranched alkanes of at least 4 members (excludes halogenated alkanes) is 1. The largest absolute Gasteiger partial charge is 0.368 e. The fourth-order valence-electron chi connectivity index (χ4n) is 5.14. The van der Waals surface area contributed by atoms with E-state index in [1.54, 1.807) is 0 Å². The summed E-state index contributed by atoms with van der Waals surface area (Å²) in [6.45, 7) is 10.3. The lowest BCUT2D eigenvalue weighted by Gasteiger charge is -2.40. The number of rotatable bonds is 7. The van der Waals surface area contributed by atoms with Gasteiger partial charge < -0.3 is 9.80 Å². The standard InChI is InChI=1S/C26H34N6O2S/c1-4-5-12-31-25(34)24-21(11-17-35-24)32-22(27-28-26(31)32)9-10-23(33)30-15-13-29(14-16-30)20-8-6-7-18(2)19(20)3/h6-8,11,17,26,28H,4-5,9-10,12-16H2,1-3H3. The number of carbonyl (C=O) groups is 2. The smallest absolute Gasteiger partial charge is 0.269 e. The van der Waals surface area contributed by atoms with Gasteiger partial charge in [-0.05, 0) is 48.9 Å². The Kier molecular flexibility index (Phi) is 6.69. The number of amidine groups is 1. The van der Waals surface area contributed by atoms with Crippen LogP contribution in [0.4, 0.5) is 11.4 Å². The first-order valence-corrected chi connectivity index (χ1v) is 13.5. The zero-order valence-corrected chi connectivity index (χ0v) is 21.6. The summed E-state index contributed by atoms with van der Waals surface area (Å²) in [5, 5.41) is 6.52. The van der Waals surface area contributed by atoms with Crippen molar-refractivity contribution in [3.05, 3.63) is 45.6 Å². The molecule has 0 bridgehead atoms. The maximum absolute atomic E-state index is 13.1. The molecule has 1 unspecified atom stereocenters. The molecule has 0 radical (unpaired) electrons. The average Bonchev–Trinajstić information content (AvgIpc) is 3.52. The maximum atomic E-state index is 13.1. The lowest BCUT2D eigenvalue weighted by atomic mass is 10.1. The molecule has 3 aliphatic heterocycles. The van der Waals surface area contributed by atoms with Crippen molar-refractivity contribution in [2.75, 3.05) is 42.5 Å². The van der Waals surface area contributed by atoms with E-state index in [0.717, 1.165) is 55.4 Å². The topological polar surface area (TPSA) is 71.5 Å². The second-order valence-corrected chi connectivity index (χ2v) is 10.4. The summed E-state index contributed by atoms with van der Waals surface area (Å²) in [5.74, 6) is 1.05. The van der Waals surface area contributed by atoms with Gasteiger partial charge >= 0.3 is 0 Å². The molecule has 1 saturated heterocycles. The highest BCUT2D eigenvalue weighted by Crippen LogP contribution is 2.37. The van der Waals surface area contributed by atoms with Gasteiger partial charge in [0, 0.05) is 51.3 Å². The van der Waals surface area contributed by atoms with Gasteiger partial charge in [0.25, 0.3) is 5.91 Å². The quantitative estimate of drug-likeness (QED) is 0.635. The number of fused-ring (bicyclic) bond motifs is 3. The zero-order chi connectivity index (χ0) is 24.5. The van der Waals surface area contributed by atoms with Crippen molar-refractivity contribution in [2.24, 2.45) is 5.10 Å². The van der Waals surface area contributed by atoms with E-state index in [9.17, 15) is 9.59 Å². The van der Waals surface area contributed by atoms with E-state index in [2.05, 4.69) is 59.3 Å². The van der Waals surface area contributed by atoms with E-state index in [1.807, 2.05) is 21.2 Å². The molecule has 1 fully saturated rings. The molecular formula is C26H34N6O2S. The molecule has 0 saturated carbocycles. The number of nitrogens with one attached hydrogen (secondary N) is 1. The zero-order valence-electron chi connectivity index (χ0n) is 20.8.